The van der Waals surface area contributed by atoms with Crippen LogP contribution in [0.3, 0.4) is 0 Å². The van der Waals surface area contributed by atoms with Crippen molar-refractivity contribution in [1.82, 2.24) is 14.9 Å². The van der Waals surface area contributed by atoms with Gasteiger partial charge in [-0.25, -0.2) is 4.98 Å². The van der Waals surface area contributed by atoms with Gasteiger partial charge in [0, 0.05) is 26.0 Å². The lowest BCUT2D eigenvalue weighted by molar-refractivity contribution is -0.124. The number of amides is 1. The van der Waals surface area contributed by atoms with Crippen LogP contribution in [0, 0.1) is 17.3 Å². The summed E-state index contributed by atoms with van der Waals surface area (Å²) in [7, 11) is 1.96. The second-order valence-corrected chi connectivity index (χ2v) is 7.66. The summed E-state index contributed by atoms with van der Waals surface area (Å²) in [4.78, 5) is 17.1. The van der Waals surface area contributed by atoms with Crippen molar-refractivity contribution in [2.24, 2.45) is 24.3 Å². The predicted octanol–water partition coefficient (Wildman–Crippen LogP) is 2.60. The number of nitrogens with one attached hydrogen (secondary N) is 1. The second-order valence-electron chi connectivity index (χ2n) is 7.66. The minimum atomic E-state index is -0.150. The number of ether oxygens (including phenoxy) is 1. The average molecular weight is 317 g/mol. The zero-order valence-corrected chi connectivity index (χ0v) is 14.7. The van der Waals surface area contributed by atoms with Crippen molar-refractivity contribution in [1.29, 1.82) is 0 Å². The van der Waals surface area contributed by atoms with E-state index in [2.05, 4.69) is 44.1 Å². The number of allylic oxidation sites excluding steroid dienone is 2. The molecule has 1 aliphatic heterocycles. The highest BCUT2D eigenvalue weighted by atomic mass is 16.5. The molecule has 3 rings (SSSR count). The highest BCUT2D eigenvalue weighted by Crippen LogP contribution is 2.59. The zero-order valence-electron chi connectivity index (χ0n) is 14.7. The first-order valence-corrected chi connectivity index (χ1v) is 8.36. The van der Waals surface area contributed by atoms with Crippen LogP contribution in [0.25, 0.3) is 0 Å². The first-order valence-electron chi connectivity index (χ1n) is 8.36. The lowest BCUT2D eigenvalue weighted by Gasteiger charge is -2.20. The van der Waals surface area contributed by atoms with Gasteiger partial charge in [0.05, 0.1) is 12.0 Å². The fourth-order valence-electron chi connectivity index (χ4n) is 3.76. The van der Waals surface area contributed by atoms with Gasteiger partial charge in [0.25, 0.3) is 0 Å². The van der Waals surface area contributed by atoms with E-state index in [4.69, 9.17) is 4.74 Å². The zero-order chi connectivity index (χ0) is 16.8. The minimum absolute atomic E-state index is 0.00681. The minimum Gasteiger partial charge on any atom is -0.368 e. The number of hydrogen-bond donors (Lipinski definition) is 1. The van der Waals surface area contributed by atoms with E-state index in [1.54, 1.807) is 6.20 Å². The molecule has 2 fully saturated rings. The third-order valence-corrected chi connectivity index (χ3v) is 5.24. The standard InChI is InChI=1S/C18H27N3O2/c1-11(2)10-12-14(18(12,3)4)17(22)20-13-6-9-23-15(13)16-19-7-8-21(16)5/h7-8,10,12-15H,6,9H2,1-5H3,(H,20,22)/t12-,13-,14-,15-/m0/s1. The molecule has 126 valence electrons. The van der Waals surface area contributed by atoms with Gasteiger partial charge in [-0.05, 0) is 31.6 Å². The molecule has 5 heteroatoms. The number of aromatic nitrogens is 2. The maximum Gasteiger partial charge on any atom is 0.224 e. The van der Waals surface area contributed by atoms with Gasteiger partial charge < -0.3 is 14.6 Å². The molecule has 0 aromatic carbocycles. The lowest BCUT2D eigenvalue weighted by Crippen LogP contribution is -2.39. The Morgan fingerprint density at radius 1 is 1.48 bits per heavy atom. The summed E-state index contributed by atoms with van der Waals surface area (Å²) in [5.41, 5.74) is 1.31. The fourth-order valence-corrected chi connectivity index (χ4v) is 3.76. The van der Waals surface area contributed by atoms with E-state index in [0.717, 1.165) is 12.2 Å². The largest absolute Gasteiger partial charge is 0.368 e. The Balaban J connectivity index is 1.69. The molecule has 0 radical (unpaired) electrons. The van der Waals surface area contributed by atoms with E-state index >= 15 is 0 Å². The Kier molecular flexibility index (Phi) is 4.08. The van der Waals surface area contributed by atoms with E-state index in [1.807, 2.05) is 17.8 Å². The fraction of sp³-hybridized carbons (Fsp3) is 0.667. The summed E-state index contributed by atoms with van der Waals surface area (Å²) in [6, 6.07) is 0.00681. The number of rotatable bonds is 4. The maximum atomic E-state index is 12.7. The van der Waals surface area contributed by atoms with Crippen LogP contribution in [0.4, 0.5) is 0 Å². The first-order chi connectivity index (χ1) is 10.8. The van der Waals surface area contributed by atoms with Crippen molar-refractivity contribution in [3.63, 3.8) is 0 Å². The number of carbonyl (C=O) groups excluding carboxylic acids is 1. The highest BCUT2D eigenvalue weighted by Gasteiger charge is 2.60. The Hall–Kier alpha value is -1.62. The van der Waals surface area contributed by atoms with Crippen molar-refractivity contribution >= 4 is 5.91 Å². The van der Waals surface area contributed by atoms with E-state index in [1.165, 1.54) is 5.57 Å². The quantitative estimate of drug-likeness (QED) is 0.869. The topological polar surface area (TPSA) is 56.1 Å². The first kappa shape index (κ1) is 16.2. The van der Waals surface area contributed by atoms with E-state index < -0.39 is 0 Å². The SMILES string of the molecule is CC(C)=C[C@H]1[C@@H](C(=O)N[C@H]2CCO[C@@H]2c2nccn2C)C1(C)C. The molecule has 1 aromatic rings. The molecule has 0 spiro atoms. The third kappa shape index (κ3) is 2.94. The number of carbonyl (C=O) groups is 1. The summed E-state index contributed by atoms with van der Waals surface area (Å²) >= 11 is 0. The summed E-state index contributed by atoms with van der Waals surface area (Å²) in [5, 5.41) is 3.22. The summed E-state index contributed by atoms with van der Waals surface area (Å²) in [5.74, 6) is 1.41. The molecule has 2 heterocycles. The molecule has 1 N–H and O–H groups in total. The molecule has 23 heavy (non-hydrogen) atoms. The van der Waals surface area contributed by atoms with Crippen LogP contribution >= 0.6 is 0 Å². The molecule has 1 saturated heterocycles. The monoisotopic (exact) mass is 317 g/mol. The lowest BCUT2D eigenvalue weighted by atomic mass is 10.1. The van der Waals surface area contributed by atoms with Gasteiger partial charge >= 0.3 is 0 Å². The smallest absolute Gasteiger partial charge is 0.224 e. The van der Waals surface area contributed by atoms with Gasteiger partial charge in [-0.1, -0.05) is 25.5 Å². The van der Waals surface area contributed by atoms with Crippen molar-refractivity contribution in [3.05, 3.63) is 29.9 Å². The molecular weight excluding hydrogens is 290 g/mol. The Bertz CT molecular complexity index is 628. The number of hydrogen-bond acceptors (Lipinski definition) is 3. The van der Waals surface area contributed by atoms with Crippen molar-refractivity contribution in [2.45, 2.75) is 46.3 Å². The molecule has 4 atom stereocenters. The summed E-state index contributed by atoms with van der Waals surface area (Å²) in [6.45, 7) is 9.18. The van der Waals surface area contributed by atoms with Crippen LogP contribution in [0.5, 0.6) is 0 Å². The van der Waals surface area contributed by atoms with Gasteiger partial charge in [0.1, 0.15) is 11.9 Å². The van der Waals surface area contributed by atoms with Gasteiger partial charge in [-0.2, -0.15) is 0 Å². The van der Waals surface area contributed by atoms with Gasteiger partial charge in [0.2, 0.25) is 5.91 Å². The molecule has 1 amide bonds. The van der Waals surface area contributed by atoms with Crippen LogP contribution in [0.1, 0.15) is 46.0 Å². The molecule has 2 aliphatic rings. The van der Waals surface area contributed by atoms with Gasteiger partial charge in [-0.15, -0.1) is 0 Å². The Morgan fingerprint density at radius 2 is 2.22 bits per heavy atom. The highest BCUT2D eigenvalue weighted by molar-refractivity contribution is 5.84. The Morgan fingerprint density at radius 3 is 2.83 bits per heavy atom. The van der Waals surface area contributed by atoms with E-state index in [0.29, 0.717) is 12.5 Å². The van der Waals surface area contributed by atoms with Crippen LogP contribution in [-0.2, 0) is 16.6 Å². The molecule has 0 unspecified atom stereocenters. The van der Waals surface area contributed by atoms with Crippen LogP contribution in [0.15, 0.2) is 24.0 Å². The molecular formula is C18H27N3O2. The number of nitrogens with zero attached hydrogens (tertiary/aromatic N) is 2. The van der Waals surface area contributed by atoms with Gasteiger partial charge in [-0.3, -0.25) is 4.79 Å². The maximum absolute atomic E-state index is 12.7. The van der Waals surface area contributed by atoms with Crippen LogP contribution in [-0.4, -0.2) is 28.1 Å². The van der Waals surface area contributed by atoms with Crippen LogP contribution < -0.4 is 5.32 Å². The van der Waals surface area contributed by atoms with Crippen LogP contribution in [0.2, 0.25) is 0 Å². The molecule has 1 aliphatic carbocycles. The van der Waals surface area contributed by atoms with E-state index in [9.17, 15) is 4.79 Å². The van der Waals surface area contributed by atoms with Crippen molar-refractivity contribution in [2.75, 3.05) is 6.61 Å². The normalized spacial score (nSPS) is 31.7. The third-order valence-electron chi connectivity index (χ3n) is 5.24. The van der Waals surface area contributed by atoms with Crippen molar-refractivity contribution in [3.8, 4) is 0 Å². The second kappa shape index (κ2) is 5.78. The average Bonchev–Trinajstić information content (AvgIpc) is 2.86. The van der Waals surface area contributed by atoms with Crippen molar-refractivity contribution < 1.29 is 9.53 Å². The number of imidazole rings is 1. The molecule has 0 bridgehead atoms. The Labute approximate surface area is 138 Å². The predicted molar refractivity (Wildman–Crippen MR) is 88.6 cm³/mol. The molecule has 5 nitrogen and oxygen atoms in total. The summed E-state index contributed by atoms with van der Waals surface area (Å²) in [6.07, 6.45) is 6.59. The van der Waals surface area contributed by atoms with Gasteiger partial charge in [0.15, 0.2) is 0 Å². The number of aryl methyl sites for hydroxylation is 1. The molecule has 1 saturated carbocycles. The summed E-state index contributed by atoms with van der Waals surface area (Å²) < 4.78 is 7.79. The van der Waals surface area contributed by atoms with E-state index in [-0.39, 0.29) is 29.4 Å². The molecule has 1 aromatic heterocycles.